The van der Waals surface area contributed by atoms with E-state index in [2.05, 4.69) is 10.3 Å². The van der Waals surface area contributed by atoms with Crippen molar-refractivity contribution in [2.24, 2.45) is 0 Å². The maximum Gasteiger partial charge on any atom is 0.221 e. The van der Waals surface area contributed by atoms with E-state index in [0.717, 1.165) is 22.2 Å². The highest BCUT2D eigenvalue weighted by molar-refractivity contribution is 6.00. The second kappa shape index (κ2) is 3.69. The van der Waals surface area contributed by atoms with Crippen molar-refractivity contribution in [3.63, 3.8) is 0 Å². The highest BCUT2D eigenvalue weighted by Crippen LogP contribution is 2.22. The first-order valence-corrected chi connectivity index (χ1v) is 4.80. The fraction of sp³-hybridized carbons (Fsp3) is 0.167. The number of pyridine rings is 1. The van der Waals surface area contributed by atoms with Gasteiger partial charge in [0.1, 0.15) is 0 Å². The van der Waals surface area contributed by atoms with Gasteiger partial charge in [0, 0.05) is 18.5 Å². The maximum atomic E-state index is 11.0. The van der Waals surface area contributed by atoms with Gasteiger partial charge in [0.25, 0.3) is 0 Å². The Balaban J connectivity index is 2.60. The minimum absolute atomic E-state index is 0.0666. The smallest absolute Gasteiger partial charge is 0.221 e. The minimum Gasteiger partial charge on any atom is -0.326 e. The van der Waals surface area contributed by atoms with Crippen LogP contribution in [-0.4, -0.2) is 10.9 Å². The molecule has 1 aromatic heterocycles. The Hall–Kier alpha value is -1.90. The molecule has 0 aliphatic heterocycles. The summed E-state index contributed by atoms with van der Waals surface area (Å²) in [5.74, 6) is -0.0666. The Morgan fingerprint density at radius 2 is 2.13 bits per heavy atom. The van der Waals surface area contributed by atoms with Gasteiger partial charge < -0.3 is 5.32 Å². The number of hydrogen-bond acceptors (Lipinski definition) is 2. The van der Waals surface area contributed by atoms with Crippen LogP contribution in [0, 0.1) is 6.92 Å². The van der Waals surface area contributed by atoms with E-state index in [1.165, 1.54) is 6.92 Å². The molecule has 0 fully saturated rings. The van der Waals surface area contributed by atoms with E-state index in [0.29, 0.717) is 0 Å². The summed E-state index contributed by atoms with van der Waals surface area (Å²) in [5.41, 5.74) is 2.88. The summed E-state index contributed by atoms with van der Waals surface area (Å²) in [7, 11) is 0. The van der Waals surface area contributed by atoms with Gasteiger partial charge in [-0.25, -0.2) is 0 Å². The molecule has 15 heavy (non-hydrogen) atoms. The van der Waals surface area contributed by atoms with Crippen LogP contribution in [0.25, 0.3) is 10.9 Å². The van der Waals surface area contributed by atoms with Crippen LogP contribution >= 0.6 is 0 Å². The highest BCUT2D eigenvalue weighted by atomic mass is 16.1. The number of rotatable bonds is 1. The zero-order valence-corrected chi connectivity index (χ0v) is 8.74. The zero-order chi connectivity index (χ0) is 10.8. The van der Waals surface area contributed by atoms with Crippen LogP contribution in [-0.2, 0) is 4.79 Å². The van der Waals surface area contributed by atoms with Crippen LogP contribution in [0.4, 0.5) is 5.69 Å². The lowest BCUT2D eigenvalue weighted by Crippen LogP contribution is -2.06. The number of benzene rings is 1. The third-order valence-corrected chi connectivity index (χ3v) is 2.21. The van der Waals surface area contributed by atoms with Crippen LogP contribution in [0.3, 0.4) is 0 Å². The average molecular weight is 200 g/mol. The molecule has 76 valence electrons. The number of nitrogens with zero attached hydrogens (tertiary/aromatic N) is 1. The van der Waals surface area contributed by atoms with E-state index in [-0.39, 0.29) is 5.91 Å². The molecule has 0 bridgehead atoms. The van der Waals surface area contributed by atoms with Crippen molar-refractivity contribution >= 4 is 22.5 Å². The minimum atomic E-state index is -0.0666. The van der Waals surface area contributed by atoms with E-state index >= 15 is 0 Å². The number of carbonyl (C=O) groups excluding carboxylic acids is 1. The van der Waals surface area contributed by atoms with Gasteiger partial charge in [-0.15, -0.1) is 0 Å². The zero-order valence-electron chi connectivity index (χ0n) is 8.74. The fourth-order valence-corrected chi connectivity index (χ4v) is 1.56. The molecule has 3 heteroatoms. The van der Waals surface area contributed by atoms with Crippen LogP contribution in [0.15, 0.2) is 30.5 Å². The monoisotopic (exact) mass is 200 g/mol. The van der Waals surface area contributed by atoms with Gasteiger partial charge >= 0.3 is 0 Å². The van der Waals surface area contributed by atoms with Gasteiger partial charge in [-0.05, 0) is 24.6 Å². The number of carbonyl (C=O) groups is 1. The number of aromatic nitrogens is 1. The summed E-state index contributed by atoms with van der Waals surface area (Å²) in [4.78, 5) is 15.3. The predicted octanol–water partition coefficient (Wildman–Crippen LogP) is 2.50. The summed E-state index contributed by atoms with van der Waals surface area (Å²) < 4.78 is 0. The normalized spacial score (nSPS) is 10.3. The maximum absolute atomic E-state index is 11.0. The molecule has 3 nitrogen and oxygen atoms in total. The van der Waals surface area contributed by atoms with Crippen molar-refractivity contribution in [1.29, 1.82) is 0 Å². The van der Waals surface area contributed by atoms with Crippen LogP contribution < -0.4 is 5.32 Å². The summed E-state index contributed by atoms with van der Waals surface area (Å²) in [6, 6.07) is 7.79. The molecule has 1 N–H and O–H groups in total. The number of hydrogen-bond donors (Lipinski definition) is 1. The molecule has 0 aliphatic carbocycles. The van der Waals surface area contributed by atoms with Gasteiger partial charge in [-0.3, -0.25) is 9.78 Å². The van der Waals surface area contributed by atoms with Crippen LogP contribution in [0.5, 0.6) is 0 Å². The number of aryl methyl sites for hydroxylation is 1. The lowest BCUT2D eigenvalue weighted by molar-refractivity contribution is -0.114. The first-order valence-electron chi connectivity index (χ1n) is 4.80. The molecular weight excluding hydrogens is 188 g/mol. The van der Waals surface area contributed by atoms with Crippen LogP contribution in [0.2, 0.25) is 0 Å². The Bertz CT molecular complexity index is 520. The van der Waals surface area contributed by atoms with Crippen molar-refractivity contribution in [3.8, 4) is 0 Å². The summed E-state index contributed by atoms with van der Waals surface area (Å²) in [6.45, 7) is 3.52. The Labute approximate surface area is 88.1 Å². The molecule has 0 aliphatic rings. The van der Waals surface area contributed by atoms with Gasteiger partial charge in [0.15, 0.2) is 0 Å². The number of amides is 1. The van der Waals surface area contributed by atoms with Crippen molar-refractivity contribution in [2.75, 3.05) is 5.32 Å². The molecule has 0 saturated carbocycles. The third kappa shape index (κ3) is 1.96. The van der Waals surface area contributed by atoms with Gasteiger partial charge in [-0.2, -0.15) is 0 Å². The fourth-order valence-electron chi connectivity index (χ4n) is 1.56. The van der Waals surface area contributed by atoms with Crippen LogP contribution in [0.1, 0.15) is 12.5 Å². The molecular formula is C12H12N2O. The Morgan fingerprint density at radius 1 is 1.33 bits per heavy atom. The lowest BCUT2D eigenvalue weighted by Gasteiger charge is -2.06. The first kappa shape index (κ1) is 9.65. The summed E-state index contributed by atoms with van der Waals surface area (Å²) >= 11 is 0. The SMILES string of the molecule is CC(=O)Nc1ccnc2cc(C)ccc12. The number of nitrogens with one attached hydrogen (secondary N) is 1. The second-order valence-corrected chi connectivity index (χ2v) is 3.56. The number of fused-ring (bicyclic) bond motifs is 1. The largest absolute Gasteiger partial charge is 0.326 e. The Kier molecular flexibility index (Phi) is 2.37. The van der Waals surface area contributed by atoms with Crippen molar-refractivity contribution in [1.82, 2.24) is 4.98 Å². The van der Waals surface area contributed by atoms with Crippen molar-refractivity contribution in [2.45, 2.75) is 13.8 Å². The molecule has 0 radical (unpaired) electrons. The lowest BCUT2D eigenvalue weighted by atomic mass is 10.1. The van der Waals surface area contributed by atoms with Crippen molar-refractivity contribution < 1.29 is 4.79 Å². The van der Waals surface area contributed by atoms with Crippen molar-refractivity contribution in [3.05, 3.63) is 36.0 Å². The average Bonchev–Trinajstić information content (AvgIpc) is 2.16. The Morgan fingerprint density at radius 3 is 2.87 bits per heavy atom. The molecule has 0 spiro atoms. The van der Waals surface area contributed by atoms with E-state index in [4.69, 9.17) is 0 Å². The molecule has 1 aromatic carbocycles. The first-order chi connectivity index (χ1) is 7.16. The molecule has 0 unspecified atom stereocenters. The van der Waals surface area contributed by atoms with E-state index < -0.39 is 0 Å². The van der Waals surface area contributed by atoms with E-state index in [1.54, 1.807) is 12.3 Å². The number of anilines is 1. The molecule has 1 heterocycles. The third-order valence-electron chi connectivity index (χ3n) is 2.21. The van der Waals surface area contributed by atoms with Gasteiger partial charge in [-0.1, -0.05) is 12.1 Å². The molecule has 1 amide bonds. The van der Waals surface area contributed by atoms with E-state index in [1.807, 2.05) is 25.1 Å². The van der Waals surface area contributed by atoms with Gasteiger partial charge in [0.05, 0.1) is 11.2 Å². The topological polar surface area (TPSA) is 42.0 Å². The molecule has 2 rings (SSSR count). The summed E-state index contributed by atoms with van der Waals surface area (Å²) in [5, 5.41) is 3.76. The molecule has 0 atom stereocenters. The quantitative estimate of drug-likeness (QED) is 0.768. The second-order valence-electron chi connectivity index (χ2n) is 3.56. The standard InChI is InChI=1S/C12H12N2O/c1-8-3-4-10-11(14-9(2)15)5-6-13-12(10)7-8/h3-7H,1-2H3,(H,13,14,15). The molecule has 0 saturated heterocycles. The summed E-state index contributed by atoms with van der Waals surface area (Å²) in [6.07, 6.45) is 1.70. The van der Waals surface area contributed by atoms with Gasteiger partial charge in [0.2, 0.25) is 5.91 Å². The highest BCUT2D eigenvalue weighted by Gasteiger charge is 2.02. The predicted molar refractivity (Wildman–Crippen MR) is 60.8 cm³/mol. The molecule has 2 aromatic rings. The van der Waals surface area contributed by atoms with E-state index in [9.17, 15) is 4.79 Å².